The lowest BCUT2D eigenvalue weighted by atomic mass is 10.1. The molecule has 0 radical (unpaired) electrons. The molecule has 1 unspecified atom stereocenters. The lowest BCUT2D eigenvalue weighted by Gasteiger charge is -2.23. The number of aryl methyl sites for hydroxylation is 2. The molecule has 1 fully saturated rings. The second-order valence-electron chi connectivity index (χ2n) is 6.05. The number of ether oxygens (including phenoxy) is 1. The van der Waals surface area contributed by atoms with E-state index < -0.39 is 10.0 Å². The molecule has 1 atom stereocenters. The molecule has 1 aliphatic heterocycles. The molecule has 1 saturated heterocycles. The zero-order valence-corrected chi connectivity index (χ0v) is 14.6. The van der Waals surface area contributed by atoms with Gasteiger partial charge in [-0.2, -0.15) is 0 Å². The summed E-state index contributed by atoms with van der Waals surface area (Å²) < 4.78 is 30.7. The van der Waals surface area contributed by atoms with Crippen molar-refractivity contribution in [2.24, 2.45) is 0 Å². The standard InChI is InChI=1S/C16H24N2O4S/c1-12-7-13(2)9-14(8-12)18(23(3,20)21)11-16(19)17-10-15-5-4-6-22-15/h7-9,15H,4-6,10-11H2,1-3H3,(H,17,19). The zero-order chi connectivity index (χ0) is 17.0. The van der Waals surface area contributed by atoms with Crippen molar-refractivity contribution in [1.29, 1.82) is 0 Å². The third-order valence-corrected chi connectivity index (χ3v) is 4.87. The van der Waals surface area contributed by atoms with Crippen LogP contribution in [0.4, 0.5) is 5.69 Å². The van der Waals surface area contributed by atoms with Gasteiger partial charge in [0.15, 0.2) is 0 Å². The maximum atomic E-state index is 12.1. The number of carbonyl (C=O) groups excluding carboxylic acids is 1. The van der Waals surface area contributed by atoms with Crippen LogP contribution < -0.4 is 9.62 Å². The Bertz CT molecular complexity index is 646. The van der Waals surface area contributed by atoms with Crippen molar-refractivity contribution >= 4 is 21.6 Å². The van der Waals surface area contributed by atoms with E-state index >= 15 is 0 Å². The summed E-state index contributed by atoms with van der Waals surface area (Å²) in [7, 11) is -3.54. The van der Waals surface area contributed by atoms with Crippen LogP contribution in [0.5, 0.6) is 0 Å². The van der Waals surface area contributed by atoms with Gasteiger partial charge < -0.3 is 10.1 Å². The summed E-state index contributed by atoms with van der Waals surface area (Å²) in [5.74, 6) is -0.329. The number of rotatable bonds is 6. The second kappa shape index (κ2) is 7.31. The molecule has 0 spiro atoms. The van der Waals surface area contributed by atoms with E-state index in [1.54, 1.807) is 12.1 Å². The van der Waals surface area contributed by atoms with E-state index in [0.29, 0.717) is 12.2 Å². The zero-order valence-electron chi connectivity index (χ0n) is 13.8. The Hall–Kier alpha value is -1.60. The van der Waals surface area contributed by atoms with E-state index in [2.05, 4.69) is 5.32 Å². The van der Waals surface area contributed by atoms with Crippen LogP contribution >= 0.6 is 0 Å². The predicted octanol–water partition coefficient (Wildman–Crippen LogP) is 1.36. The van der Waals surface area contributed by atoms with Gasteiger partial charge in [0.2, 0.25) is 15.9 Å². The summed E-state index contributed by atoms with van der Waals surface area (Å²) in [6.07, 6.45) is 3.07. The molecule has 2 rings (SSSR count). The van der Waals surface area contributed by atoms with E-state index in [-0.39, 0.29) is 18.6 Å². The van der Waals surface area contributed by atoms with E-state index in [9.17, 15) is 13.2 Å². The van der Waals surface area contributed by atoms with Crippen molar-refractivity contribution in [3.8, 4) is 0 Å². The second-order valence-corrected chi connectivity index (χ2v) is 7.96. The highest BCUT2D eigenvalue weighted by Crippen LogP contribution is 2.21. The van der Waals surface area contributed by atoms with Crippen LogP contribution in [0, 0.1) is 13.8 Å². The fourth-order valence-corrected chi connectivity index (χ4v) is 3.55. The summed E-state index contributed by atoms with van der Waals surface area (Å²) in [6, 6.07) is 5.49. The molecule has 1 aromatic carbocycles. The molecule has 1 aliphatic rings. The smallest absolute Gasteiger partial charge is 0.240 e. The lowest BCUT2D eigenvalue weighted by Crippen LogP contribution is -2.42. The summed E-state index contributed by atoms with van der Waals surface area (Å²) in [5.41, 5.74) is 2.42. The van der Waals surface area contributed by atoms with E-state index in [1.165, 1.54) is 0 Å². The molecule has 7 heteroatoms. The van der Waals surface area contributed by atoms with Crippen molar-refractivity contribution in [3.05, 3.63) is 29.3 Å². The number of hydrogen-bond acceptors (Lipinski definition) is 4. The lowest BCUT2D eigenvalue weighted by molar-refractivity contribution is -0.120. The van der Waals surface area contributed by atoms with Gasteiger partial charge in [-0.05, 0) is 49.9 Å². The van der Waals surface area contributed by atoms with E-state index in [1.807, 2.05) is 19.9 Å². The van der Waals surface area contributed by atoms with Crippen molar-refractivity contribution in [2.45, 2.75) is 32.8 Å². The highest BCUT2D eigenvalue weighted by molar-refractivity contribution is 7.92. The van der Waals surface area contributed by atoms with E-state index in [0.717, 1.165) is 41.1 Å². The molecule has 0 bridgehead atoms. The van der Waals surface area contributed by atoms with Gasteiger partial charge in [0, 0.05) is 13.2 Å². The Balaban J connectivity index is 2.08. The minimum atomic E-state index is -3.54. The number of amides is 1. The first-order valence-corrected chi connectivity index (χ1v) is 9.55. The minimum absolute atomic E-state index is 0.0341. The minimum Gasteiger partial charge on any atom is -0.376 e. The number of carbonyl (C=O) groups is 1. The molecule has 0 saturated carbocycles. The van der Waals surface area contributed by atoms with Gasteiger partial charge in [0.25, 0.3) is 0 Å². The third-order valence-electron chi connectivity index (χ3n) is 3.73. The molecule has 1 heterocycles. The topological polar surface area (TPSA) is 75.7 Å². The van der Waals surface area contributed by atoms with Crippen LogP contribution in [-0.2, 0) is 19.6 Å². The normalized spacial score (nSPS) is 18.0. The van der Waals surface area contributed by atoms with Gasteiger partial charge >= 0.3 is 0 Å². The maximum absolute atomic E-state index is 12.1. The Morgan fingerprint density at radius 2 is 1.96 bits per heavy atom. The molecule has 128 valence electrons. The quantitative estimate of drug-likeness (QED) is 0.848. The first kappa shape index (κ1) is 17.7. The van der Waals surface area contributed by atoms with Gasteiger partial charge in [-0.3, -0.25) is 9.10 Å². The van der Waals surface area contributed by atoms with Crippen molar-refractivity contribution in [2.75, 3.05) is 30.3 Å². The summed E-state index contributed by atoms with van der Waals surface area (Å²) in [5, 5.41) is 2.76. The number of nitrogens with one attached hydrogen (secondary N) is 1. The van der Waals surface area contributed by atoms with Crippen molar-refractivity contribution < 1.29 is 17.9 Å². The fraction of sp³-hybridized carbons (Fsp3) is 0.562. The number of benzene rings is 1. The van der Waals surface area contributed by atoms with E-state index in [4.69, 9.17) is 4.74 Å². The van der Waals surface area contributed by atoms with Crippen LogP contribution in [0.15, 0.2) is 18.2 Å². The maximum Gasteiger partial charge on any atom is 0.240 e. The van der Waals surface area contributed by atoms with Crippen molar-refractivity contribution in [3.63, 3.8) is 0 Å². The average molecular weight is 340 g/mol. The average Bonchev–Trinajstić information content (AvgIpc) is 2.93. The van der Waals surface area contributed by atoms with Crippen LogP contribution in [0.3, 0.4) is 0 Å². The number of anilines is 1. The summed E-state index contributed by atoms with van der Waals surface area (Å²) >= 11 is 0. The monoisotopic (exact) mass is 340 g/mol. The molecular weight excluding hydrogens is 316 g/mol. The molecule has 0 aromatic heterocycles. The van der Waals surface area contributed by atoms with Crippen LogP contribution in [0.1, 0.15) is 24.0 Å². The molecular formula is C16H24N2O4S. The Morgan fingerprint density at radius 1 is 1.30 bits per heavy atom. The Labute approximate surface area is 137 Å². The van der Waals surface area contributed by atoms with Gasteiger partial charge in [0.05, 0.1) is 18.0 Å². The Morgan fingerprint density at radius 3 is 2.48 bits per heavy atom. The molecule has 1 amide bonds. The van der Waals surface area contributed by atoms with Gasteiger partial charge in [-0.25, -0.2) is 8.42 Å². The predicted molar refractivity (Wildman–Crippen MR) is 90.1 cm³/mol. The molecule has 0 aliphatic carbocycles. The fourth-order valence-electron chi connectivity index (χ4n) is 2.71. The first-order chi connectivity index (χ1) is 10.8. The van der Waals surface area contributed by atoms with Gasteiger partial charge in [0.1, 0.15) is 6.54 Å². The molecule has 23 heavy (non-hydrogen) atoms. The van der Waals surface area contributed by atoms with Crippen LogP contribution in [0.25, 0.3) is 0 Å². The van der Waals surface area contributed by atoms with Gasteiger partial charge in [-0.15, -0.1) is 0 Å². The molecule has 1 N–H and O–H groups in total. The summed E-state index contributed by atoms with van der Waals surface area (Å²) in [4.78, 5) is 12.1. The van der Waals surface area contributed by atoms with Crippen LogP contribution in [-0.4, -0.2) is 46.4 Å². The third kappa shape index (κ3) is 5.21. The highest BCUT2D eigenvalue weighted by Gasteiger charge is 2.22. The molecule has 6 nitrogen and oxygen atoms in total. The van der Waals surface area contributed by atoms with Crippen LogP contribution in [0.2, 0.25) is 0 Å². The molecule has 1 aromatic rings. The first-order valence-electron chi connectivity index (χ1n) is 7.70. The summed E-state index contributed by atoms with van der Waals surface area (Å²) in [6.45, 7) is 4.71. The number of sulfonamides is 1. The highest BCUT2D eigenvalue weighted by atomic mass is 32.2. The largest absolute Gasteiger partial charge is 0.376 e. The number of nitrogens with zero attached hydrogens (tertiary/aromatic N) is 1. The SMILES string of the molecule is Cc1cc(C)cc(N(CC(=O)NCC2CCCO2)S(C)(=O)=O)c1. The number of hydrogen-bond donors (Lipinski definition) is 1. The van der Waals surface area contributed by atoms with Crippen molar-refractivity contribution in [1.82, 2.24) is 5.32 Å². The van der Waals surface area contributed by atoms with Gasteiger partial charge in [-0.1, -0.05) is 6.07 Å². The Kier molecular flexibility index (Phi) is 5.64.